The van der Waals surface area contributed by atoms with Gasteiger partial charge in [-0.25, -0.2) is 0 Å². The van der Waals surface area contributed by atoms with Crippen LogP contribution >= 0.6 is 0 Å². The van der Waals surface area contributed by atoms with Crippen molar-refractivity contribution in [3.63, 3.8) is 0 Å². The lowest BCUT2D eigenvalue weighted by atomic mass is 9.91. The molecule has 0 aliphatic carbocycles. The molecule has 1 N–H and O–H groups in total. The van der Waals surface area contributed by atoms with Crippen LogP contribution in [0.1, 0.15) is 18.9 Å². The van der Waals surface area contributed by atoms with Gasteiger partial charge in [0.25, 0.3) is 0 Å². The summed E-state index contributed by atoms with van der Waals surface area (Å²) in [5.74, 6) is 0.0622. The largest absolute Gasteiger partial charge is 0.485 e. The number of halogens is 3. The van der Waals surface area contributed by atoms with Gasteiger partial charge in [-0.15, -0.1) is 0 Å². The van der Waals surface area contributed by atoms with E-state index in [9.17, 15) is 18.3 Å². The Labute approximate surface area is 120 Å². The van der Waals surface area contributed by atoms with E-state index in [1.807, 2.05) is 6.92 Å². The van der Waals surface area contributed by atoms with Gasteiger partial charge < -0.3 is 9.84 Å². The minimum Gasteiger partial charge on any atom is -0.485 e. The second-order valence-corrected chi connectivity index (χ2v) is 4.80. The van der Waals surface area contributed by atoms with Crippen LogP contribution in [-0.4, -0.2) is 29.6 Å². The van der Waals surface area contributed by atoms with Gasteiger partial charge in [0.1, 0.15) is 11.3 Å². The molecule has 2 atom stereocenters. The van der Waals surface area contributed by atoms with Crippen molar-refractivity contribution < 1.29 is 23.0 Å². The summed E-state index contributed by atoms with van der Waals surface area (Å²) < 4.78 is 43.6. The van der Waals surface area contributed by atoms with Crippen molar-refractivity contribution in [3.8, 4) is 5.75 Å². The standard InChI is InChI=1S/C15H16F3NO2/c1-2-14(7-4-8-19-14)13(10-20)21-12-6-3-5-11(9-12)15(16,17)18/h3-9,13,20H,2,10H2,1H3. The fraction of sp³-hybridized carbons (Fsp3) is 0.400. The smallest absolute Gasteiger partial charge is 0.416 e. The molecular weight excluding hydrogens is 283 g/mol. The molecule has 0 amide bonds. The van der Waals surface area contributed by atoms with Gasteiger partial charge in [0, 0.05) is 6.21 Å². The van der Waals surface area contributed by atoms with Crippen molar-refractivity contribution >= 4 is 6.21 Å². The summed E-state index contributed by atoms with van der Waals surface area (Å²) >= 11 is 0. The molecule has 1 aliphatic rings. The molecule has 1 heterocycles. The van der Waals surface area contributed by atoms with Crippen LogP contribution in [0.4, 0.5) is 13.2 Å². The fourth-order valence-corrected chi connectivity index (χ4v) is 2.27. The van der Waals surface area contributed by atoms with Gasteiger partial charge in [-0.1, -0.05) is 19.1 Å². The first kappa shape index (κ1) is 15.6. The summed E-state index contributed by atoms with van der Waals surface area (Å²) in [5, 5.41) is 9.52. The number of hydrogen-bond acceptors (Lipinski definition) is 3. The number of alkyl halides is 3. The third-order valence-corrected chi connectivity index (χ3v) is 3.52. The molecule has 1 aliphatic heterocycles. The number of aliphatic imine (C=N–C) groups is 1. The Kier molecular flexibility index (Phi) is 4.37. The van der Waals surface area contributed by atoms with E-state index in [2.05, 4.69) is 4.99 Å². The summed E-state index contributed by atoms with van der Waals surface area (Å²) in [4.78, 5) is 4.28. The van der Waals surface area contributed by atoms with Crippen molar-refractivity contribution in [2.75, 3.05) is 6.61 Å². The molecule has 0 aromatic heterocycles. The predicted molar refractivity (Wildman–Crippen MR) is 73.6 cm³/mol. The fourth-order valence-electron chi connectivity index (χ4n) is 2.27. The maximum Gasteiger partial charge on any atom is 0.416 e. The first-order valence-electron chi connectivity index (χ1n) is 6.59. The van der Waals surface area contributed by atoms with E-state index in [1.165, 1.54) is 12.1 Å². The van der Waals surface area contributed by atoms with Crippen molar-refractivity contribution in [3.05, 3.63) is 42.0 Å². The highest BCUT2D eigenvalue weighted by Gasteiger charge is 2.38. The zero-order valence-electron chi connectivity index (χ0n) is 11.5. The van der Waals surface area contributed by atoms with Gasteiger partial charge in [0.15, 0.2) is 6.10 Å². The third kappa shape index (κ3) is 3.26. The van der Waals surface area contributed by atoms with Crippen LogP contribution < -0.4 is 4.74 Å². The molecule has 6 heteroatoms. The second-order valence-electron chi connectivity index (χ2n) is 4.80. The van der Waals surface area contributed by atoms with Crippen molar-refractivity contribution in [2.45, 2.75) is 31.2 Å². The van der Waals surface area contributed by atoms with Gasteiger partial charge in [-0.05, 0) is 30.7 Å². The van der Waals surface area contributed by atoms with Crippen LogP contribution in [0, 0.1) is 0 Å². The molecule has 0 spiro atoms. The summed E-state index contributed by atoms with van der Waals surface area (Å²) in [7, 11) is 0. The van der Waals surface area contributed by atoms with E-state index in [1.54, 1.807) is 18.4 Å². The lowest BCUT2D eigenvalue weighted by Crippen LogP contribution is -2.44. The number of nitrogens with zero attached hydrogens (tertiary/aromatic N) is 1. The maximum atomic E-state index is 12.7. The van der Waals surface area contributed by atoms with Crippen LogP contribution in [0.25, 0.3) is 0 Å². The Morgan fingerprint density at radius 3 is 2.67 bits per heavy atom. The maximum absolute atomic E-state index is 12.7. The Morgan fingerprint density at radius 2 is 2.14 bits per heavy atom. The molecule has 3 nitrogen and oxygen atoms in total. The average molecular weight is 299 g/mol. The number of rotatable bonds is 5. The SMILES string of the molecule is CCC1(C(CO)Oc2cccc(C(F)(F)F)c2)C=CC=N1. The second kappa shape index (κ2) is 5.89. The van der Waals surface area contributed by atoms with E-state index in [4.69, 9.17) is 4.74 Å². The Balaban J connectivity index is 2.23. The highest BCUT2D eigenvalue weighted by molar-refractivity contribution is 5.75. The summed E-state index contributed by atoms with van der Waals surface area (Å²) in [5.41, 5.74) is -1.52. The normalized spacial score (nSPS) is 22.5. The molecule has 1 aromatic rings. The number of aliphatic hydroxyl groups excluding tert-OH is 1. The first-order chi connectivity index (χ1) is 9.91. The Hall–Kier alpha value is -1.82. The van der Waals surface area contributed by atoms with Crippen LogP contribution in [0.5, 0.6) is 5.75 Å². The molecule has 0 saturated heterocycles. The van der Waals surface area contributed by atoms with E-state index in [0.717, 1.165) is 12.1 Å². The Bertz CT molecular complexity index is 540. The summed E-state index contributed by atoms with van der Waals surface area (Å²) in [6, 6.07) is 4.61. The molecule has 1 aromatic carbocycles. The molecule has 2 unspecified atom stereocenters. The zero-order chi connectivity index (χ0) is 15.5. The minimum atomic E-state index is -4.43. The molecule has 0 radical (unpaired) electrons. The van der Waals surface area contributed by atoms with E-state index in [-0.39, 0.29) is 12.4 Å². The van der Waals surface area contributed by atoms with Gasteiger partial charge in [0.2, 0.25) is 0 Å². The topological polar surface area (TPSA) is 41.8 Å². The van der Waals surface area contributed by atoms with Gasteiger partial charge in [-0.3, -0.25) is 4.99 Å². The molecule has 0 bridgehead atoms. The molecule has 0 saturated carbocycles. The molecule has 0 fully saturated rings. The lowest BCUT2D eigenvalue weighted by molar-refractivity contribution is -0.137. The minimum absolute atomic E-state index is 0.0622. The van der Waals surface area contributed by atoms with Crippen molar-refractivity contribution in [2.24, 2.45) is 4.99 Å². The van der Waals surface area contributed by atoms with Crippen molar-refractivity contribution in [1.29, 1.82) is 0 Å². The number of hydrogen-bond donors (Lipinski definition) is 1. The monoisotopic (exact) mass is 299 g/mol. The van der Waals surface area contributed by atoms with Gasteiger partial charge >= 0.3 is 6.18 Å². The first-order valence-corrected chi connectivity index (χ1v) is 6.59. The number of aliphatic hydroxyl groups is 1. The molecular formula is C15H16F3NO2. The number of allylic oxidation sites excluding steroid dienone is 1. The average Bonchev–Trinajstić information content (AvgIpc) is 2.94. The van der Waals surface area contributed by atoms with E-state index in [0.29, 0.717) is 6.42 Å². The number of ether oxygens (including phenoxy) is 1. The molecule has 21 heavy (non-hydrogen) atoms. The van der Waals surface area contributed by atoms with Crippen LogP contribution in [0.3, 0.4) is 0 Å². The third-order valence-electron chi connectivity index (χ3n) is 3.52. The van der Waals surface area contributed by atoms with Crippen LogP contribution in [-0.2, 0) is 6.18 Å². The lowest BCUT2D eigenvalue weighted by Gasteiger charge is -2.31. The van der Waals surface area contributed by atoms with Crippen LogP contribution in [0.2, 0.25) is 0 Å². The quantitative estimate of drug-likeness (QED) is 0.907. The predicted octanol–water partition coefficient (Wildman–Crippen LogP) is 3.23. The highest BCUT2D eigenvalue weighted by atomic mass is 19.4. The van der Waals surface area contributed by atoms with Gasteiger partial charge in [0.05, 0.1) is 12.2 Å². The van der Waals surface area contributed by atoms with Gasteiger partial charge in [-0.2, -0.15) is 13.2 Å². The summed E-state index contributed by atoms with van der Waals surface area (Å²) in [6.45, 7) is 1.54. The highest BCUT2D eigenvalue weighted by Crippen LogP contribution is 2.33. The van der Waals surface area contributed by atoms with Crippen molar-refractivity contribution in [1.82, 2.24) is 0 Å². The summed E-state index contributed by atoms with van der Waals surface area (Å²) in [6.07, 6.45) is 0.540. The zero-order valence-corrected chi connectivity index (χ0v) is 11.5. The van der Waals surface area contributed by atoms with E-state index < -0.39 is 23.4 Å². The molecule has 114 valence electrons. The van der Waals surface area contributed by atoms with Crippen LogP contribution in [0.15, 0.2) is 41.4 Å². The number of benzene rings is 1. The molecule has 2 rings (SSSR count). The Morgan fingerprint density at radius 1 is 1.38 bits per heavy atom. The van der Waals surface area contributed by atoms with E-state index >= 15 is 0 Å².